The molecule has 1 aliphatic rings. The summed E-state index contributed by atoms with van der Waals surface area (Å²) in [7, 11) is 0. The summed E-state index contributed by atoms with van der Waals surface area (Å²) >= 11 is 0. The third-order valence-electron chi connectivity index (χ3n) is 2.23. The molecule has 0 atom stereocenters. The standard InChI is InChI=1S/C8H8N2O4/c11-6-5(8(13)14)7(12)10-3-1-2-4(10)9-6/h11H,1-3H2,(H,13,14). The zero-order chi connectivity index (χ0) is 10.3. The predicted molar refractivity (Wildman–Crippen MR) is 45.4 cm³/mol. The fourth-order valence-corrected chi connectivity index (χ4v) is 1.59. The van der Waals surface area contributed by atoms with E-state index in [-0.39, 0.29) is 0 Å². The van der Waals surface area contributed by atoms with Gasteiger partial charge >= 0.3 is 5.97 Å². The third kappa shape index (κ3) is 1.07. The number of aromatic carboxylic acids is 1. The summed E-state index contributed by atoms with van der Waals surface area (Å²) in [5.74, 6) is -1.67. The Morgan fingerprint density at radius 2 is 2.21 bits per heavy atom. The molecular weight excluding hydrogens is 188 g/mol. The number of fused-ring (bicyclic) bond motifs is 1. The average molecular weight is 196 g/mol. The Labute approximate surface area is 78.4 Å². The van der Waals surface area contributed by atoms with E-state index in [1.165, 1.54) is 4.57 Å². The van der Waals surface area contributed by atoms with Gasteiger partial charge in [0.25, 0.3) is 5.56 Å². The van der Waals surface area contributed by atoms with Gasteiger partial charge in [0.05, 0.1) is 0 Å². The first kappa shape index (κ1) is 8.74. The van der Waals surface area contributed by atoms with Crippen molar-refractivity contribution in [2.24, 2.45) is 0 Å². The van der Waals surface area contributed by atoms with Gasteiger partial charge in [0.15, 0.2) is 5.56 Å². The molecule has 6 nitrogen and oxygen atoms in total. The van der Waals surface area contributed by atoms with Crippen molar-refractivity contribution in [2.45, 2.75) is 19.4 Å². The number of carbonyl (C=O) groups is 1. The number of aryl methyl sites for hydroxylation is 1. The molecule has 1 aromatic rings. The Morgan fingerprint density at radius 1 is 1.50 bits per heavy atom. The maximum absolute atomic E-state index is 11.5. The Kier molecular flexibility index (Phi) is 1.77. The van der Waals surface area contributed by atoms with E-state index in [1.807, 2.05) is 0 Å². The summed E-state index contributed by atoms with van der Waals surface area (Å²) < 4.78 is 1.29. The molecule has 1 aromatic heterocycles. The third-order valence-corrected chi connectivity index (χ3v) is 2.23. The Bertz CT molecular complexity index is 463. The quantitative estimate of drug-likeness (QED) is 0.637. The first-order valence-corrected chi connectivity index (χ1v) is 4.17. The van der Waals surface area contributed by atoms with Crippen LogP contribution in [-0.4, -0.2) is 25.7 Å². The van der Waals surface area contributed by atoms with Crippen molar-refractivity contribution in [1.82, 2.24) is 9.55 Å². The van der Waals surface area contributed by atoms with Crippen LogP contribution in [0, 0.1) is 0 Å². The predicted octanol–water partition coefficient (Wildman–Crippen LogP) is -0.407. The van der Waals surface area contributed by atoms with Crippen molar-refractivity contribution in [3.8, 4) is 5.88 Å². The van der Waals surface area contributed by atoms with Gasteiger partial charge in [-0.3, -0.25) is 9.36 Å². The summed E-state index contributed by atoms with van der Waals surface area (Å²) in [6.45, 7) is 0.474. The molecule has 0 spiro atoms. The molecule has 74 valence electrons. The second kappa shape index (κ2) is 2.83. The lowest BCUT2D eigenvalue weighted by Gasteiger charge is -2.04. The van der Waals surface area contributed by atoms with Gasteiger partial charge in [0, 0.05) is 13.0 Å². The highest BCUT2D eigenvalue weighted by Gasteiger charge is 2.23. The van der Waals surface area contributed by atoms with E-state index < -0.39 is 23.0 Å². The molecule has 0 radical (unpaired) electrons. The minimum atomic E-state index is -1.44. The summed E-state index contributed by atoms with van der Waals surface area (Å²) in [6.07, 6.45) is 1.35. The molecule has 0 saturated carbocycles. The van der Waals surface area contributed by atoms with Gasteiger partial charge in [0.2, 0.25) is 5.88 Å². The number of carboxylic acids is 1. The maximum Gasteiger partial charge on any atom is 0.346 e. The molecule has 2 N–H and O–H groups in total. The van der Waals surface area contributed by atoms with Crippen LogP contribution in [0.4, 0.5) is 0 Å². The first-order valence-electron chi connectivity index (χ1n) is 4.17. The van der Waals surface area contributed by atoms with Crippen LogP contribution in [0.15, 0.2) is 4.79 Å². The van der Waals surface area contributed by atoms with E-state index in [1.54, 1.807) is 0 Å². The molecule has 0 aromatic carbocycles. The number of aromatic nitrogens is 2. The van der Waals surface area contributed by atoms with Crippen LogP contribution >= 0.6 is 0 Å². The smallest absolute Gasteiger partial charge is 0.346 e. The second-order valence-corrected chi connectivity index (χ2v) is 3.09. The molecule has 0 fully saturated rings. The van der Waals surface area contributed by atoms with Gasteiger partial charge in [-0.1, -0.05) is 0 Å². The number of hydrogen-bond acceptors (Lipinski definition) is 4. The molecule has 0 bridgehead atoms. The monoisotopic (exact) mass is 196 g/mol. The highest BCUT2D eigenvalue weighted by molar-refractivity contribution is 5.89. The molecule has 14 heavy (non-hydrogen) atoms. The zero-order valence-corrected chi connectivity index (χ0v) is 7.23. The van der Waals surface area contributed by atoms with Crippen molar-refractivity contribution in [2.75, 3.05) is 0 Å². The summed E-state index contributed by atoms with van der Waals surface area (Å²) in [4.78, 5) is 25.8. The summed E-state index contributed by atoms with van der Waals surface area (Å²) in [5.41, 5.74) is -1.31. The highest BCUT2D eigenvalue weighted by atomic mass is 16.4. The molecule has 1 aliphatic heterocycles. The number of nitrogens with zero attached hydrogens (tertiary/aromatic N) is 2. The molecule has 0 aliphatic carbocycles. The first-order chi connectivity index (χ1) is 6.61. The minimum Gasteiger partial charge on any atom is -0.492 e. The lowest BCUT2D eigenvalue weighted by atomic mass is 10.3. The molecule has 0 saturated heterocycles. The van der Waals surface area contributed by atoms with Crippen LogP contribution in [0.5, 0.6) is 5.88 Å². The fraction of sp³-hybridized carbons (Fsp3) is 0.375. The van der Waals surface area contributed by atoms with Gasteiger partial charge < -0.3 is 10.2 Å². The maximum atomic E-state index is 11.5. The normalized spacial score (nSPS) is 14.0. The van der Waals surface area contributed by atoms with Crippen LogP contribution in [0.3, 0.4) is 0 Å². The minimum absolute atomic E-state index is 0.456. The average Bonchev–Trinajstić information content (AvgIpc) is 2.50. The highest BCUT2D eigenvalue weighted by Crippen LogP contribution is 2.15. The molecule has 0 unspecified atom stereocenters. The number of carboxylic acid groups (broad SMARTS) is 1. The molecule has 0 amide bonds. The van der Waals surface area contributed by atoms with Gasteiger partial charge in [-0.25, -0.2) is 4.79 Å². The summed E-state index contributed by atoms with van der Waals surface area (Å²) in [5, 5.41) is 17.9. The second-order valence-electron chi connectivity index (χ2n) is 3.09. The van der Waals surface area contributed by atoms with Crippen molar-refractivity contribution in [3.05, 3.63) is 21.7 Å². The number of rotatable bonds is 1. The van der Waals surface area contributed by atoms with Gasteiger partial charge in [-0.05, 0) is 6.42 Å². The lowest BCUT2D eigenvalue weighted by Crippen LogP contribution is -2.27. The van der Waals surface area contributed by atoms with Gasteiger partial charge in [-0.15, -0.1) is 0 Å². The van der Waals surface area contributed by atoms with Crippen molar-refractivity contribution >= 4 is 5.97 Å². The van der Waals surface area contributed by atoms with E-state index in [4.69, 9.17) is 5.11 Å². The van der Waals surface area contributed by atoms with Crippen LogP contribution in [-0.2, 0) is 13.0 Å². The largest absolute Gasteiger partial charge is 0.492 e. The van der Waals surface area contributed by atoms with Gasteiger partial charge in [-0.2, -0.15) is 4.98 Å². The van der Waals surface area contributed by atoms with E-state index in [9.17, 15) is 14.7 Å². The van der Waals surface area contributed by atoms with Crippen molar-refractivity contribution < 1.29 is 15.0 Å². The lowest BCUT2D eigenvalue weighted by molar-refractivity contribution is 0.0690. The summed E-state index contributed by atoms with van der Waals surface area (Å²) in [6, 6.07) is 0. The van der Waals surface area contributed by atoms with E-state index in [0.717, 1.165) is 6.42 Å². The van der Waals surface area contributed by atoms with Crippen LogP contribution in [0.2, 0.25) is 0 Å². The van der Waals surface area contributed by atoms with Gasteiger partial charge in [0.1, 0.15) is 5.82 Å². The van der Waals surface area contributed by atoms with E-state index in [2.05, 4.69) is 4.98 Å². The number of hydrogen-bond donors (Lipinski definition) is 2. The Morgan fingerprint density at radius 3 is 2.86 bits per heavy atom. The van der Waals surface area contributed by atoms with Crippen LogP contribution < -0.4 is 5.56 Å². The molecular formula is C8H8N2O4. The van der Waals surface area contributed by atoms with Crippen molar-refractivity contribution in [1.29, 1.82) is 0 Å². The van der Waals surface area contributed by atoms with Crippen LogP contribution in [0.25, 0.3) is 0 Å². The topological polar surface area (TPSA) is 92.4 Å². The van der Waals surface area contributed by atoms with Crippen molar-refractivity contribution in [3.63, 3.8) is 0 Å². The van der Waals surface area contributed by atoms with E-state index >= 15 is 0 Å². The van der Waals surface area contributed by atoms with Crippen LogP contribution in [0.1, 0.15) is 22.6 Å². The molecule has 2 rings (SSSR count). The Hall–Kier alpha value is -1.85. The zero-order valence-electron chi connectivity index (χ0n) is 7.23. The molecule has 2 heterocycles. The number of aromatic hydroxyl groups is 1. The molecule has 6 heteroatoms. The SMILES string of the molecule is O=C(O)c1c(O)nc2n(c1=O)CCC2. The fourth-order valence-electron chi connectivity index (χ4n) is 1.59. The van der Waals surface area contributed by atoms with E-state index in [0.29, 0.717) is 18.8 Å². The Balaban J connectivity index is 2.75.